The summed E-state index contributed by atoms with van der Waals surface area (Å²) in [5.41, 5.74) is 0. The zero-order valence-electron chi connectivity index (χ0n) is 14.7. The van der Waals surface area contributed by atoms with Crippen LogP contribution >= 0.6 is 0 Å². The van der Waals surface area contributed by atoms with E-state index >= 15 is 0 Å². The zero-order chi connectivity index (χ0) is 20.5. The maximum Gasteiger partial charge on any atom is 0.434 e. The van der Waals surface area contributed by atoms with Gasteiger partial charge in [-0.15, -0.1) is 0 Å². The highest BCUT2D eigenvalue weighted by Gasteiger charge is 2.16. The molecule has 2 N–H and O–H groups in total. The standard InChI is InChI=1S/C14H18N8O6/c23-11(15-3-1-7-19-9-5-17-13(19)21(25)26)12(24)16-4-2-8-20-10-6-18-14(20)22(27)28/h5-6,9-10H,1-4,7-8H2,(H,15,23)(H,16,24). The highest BCUT2D eigenvalue weighted by Crippen LogP contribution is 2.08. The third kappa shape index (κ3) is 5.58. The molecule has 14 nitrogen and oxygen atoms in total. The Bertz CT molecular complexity index is 789. The van der Waals surface area contributed by atoms with Crippen molar-refractivity contribution in [3.63, 3.8) is 0 Å². The summed E-state index contributed by atoms with van der Waals surface area (Å²) in [6, 6.07) is 0. The SMILES string of the molecule is O=C(NCCCn1ccnc1[N+](=O)[O-])C(=O)NCCCn1ccnc1[N+](=O)[O-]. The van der Waals surface area contributed by atoms with Crippen LogP contribution in [0.3, 0.4) is 0 Å². The Morgan fingerprint density at radius 3 is 1.61 bits per heavy atom. The number of aromatic nitrogens is 4. The van der Waals surface area contributed by atoms with Crippen molar-refractivity contribution in [3.8, 4) is 0 Å². The smallest absolute Gasteiger partial charge is 0.390 e. The molecule has 0 radical (unpaired) electrons. The monoisotopic (exact) mass is 394 g/mol. The van der Waals surface area contributed by atoms with E-state index in [4.69, 9.17) is 0 Å². The first kappa shape index (κ1) is 20.5. The Labute approximate surface area is 157 Å². The van der Waals surface area contributed by atoms with Crippen LogP contribution in [0.1, 0.15) is 12.8 Å². The summed E-state index contributed by atoms with van der Waals surface area (Å²) in [5, 5.41) is 26.3. The molecule has 0 unspecified atom stereocenters. The number of rotatable bonds is 10. The van der Waals surface area contributed by atoms with Crippen molar-refractivity contribution in [1.29, 1.82) is 0 Å². The van der Waals surface area contributed by atoms with Gasteiger partial charge in [-0.25, -0.2) is 9.13 Å². The molecule has 14 heteroatoms. The summed E-state index contributed by atoms with van der Waals surface area (Å²) in [6.45, 7) is 0.843. The highest BCUT2D eigenvalue weighted by molar-refractivity contribution is 6.35. The van der Waals surface area contributed by atoms with Gasteiger partial charge in [0.05, 0.1) is 13.1 Å². The summed E-state index contributed by atoms with van der Waals surface area (Å²) in [5.74, 6) is -2.23. The summed E-state index contributed by atoms with van der Waals surface area (Å²) in [6.07, 6.45) is 6.28. The molecule has 0 saturated heterocycles. The number of carbonyl (C=O) groups is 2. The van der Waals surface area contributed by atoms with Crippen molar-refractivity contribution in [3.05, 3.63) is 45.0 Å². The predicted molar refractivity (Wildman–Crippen MR) is 93.0 cm³/mol. The minimum atomic E-state index is -0.825. The van der Waals surface area contributed by atoms with Crippen molar-refractivity contribution < 1.29 is 19.4 Å². The van der Waals surface area contributed by atoms with Gasteiger partial charge in [-0.2, -0.15) is 0 Å². The van der Waals surface area contributed by atoms with Crippen molar-refractivity contribution in [2.45, 2.75) is 25.9 Å². The van der Waals surface area contributed by atoms with Crippen molar-refractivity contribution >= 4 is 23.7 Å². The lowest BCUT2D eigenvalue weighted by molar-refractivity contribution is -0.396. The summed E-state index contributed by atoms with van der Waals surface area (Å²) >= 11 is 0. The van der Waals surface area contributed by atoms with E-state index in [9.17, 15) is 29.8 Å². The third-order valence-electron chi connectivity index (χ3n) is 3.64. The van der Waals surface area contributed by atoms with Gasteiger partial charge in [0.1, 0.15) is 24.8 Å². The molecule has 2 aromatic rings. The molecule has 0 saturated carbocycles. The minimum absolute atomic E-state index is 0.156. The molecule has 0 aliphatic heterocycles. The topological polar surface area (TPSA) is 180 Å². The van der Waals surface area contributed by atoms with Crippen LogP contribution in [0.2, 0.25) is 0 Å². The van der Waals surface area contributed by atoms with Crippen LogP contribution in [0.5, 0.6) is 0 Å². The Kier molecular flexibility index (Phi) is 7.13. The Hall–Kier alpha value is -3.84. The van der Waals surface area contributed by atoms with Gasteiger partial charge in [-0.1, -0.05) is 9.97 Å². The van der Waals surface area contributed by atoms with Gasteiger partial charge in [-0.05, 0) is 22.7 Å². The van der Waals surface area contributed by atoms with Crippen LogP contribution in [0.15, 0.2) is 24.8 Å². The first-order valence-corrected chi connectivity index (χ1v) is 8.27. The van der Waals surface area contributed by atoms with Crippen LogP contribution in [0.4, 0.5) is 11.9 Å². The van der Waals surface area contributed by atoms with E-state index < -0.39 is 21.7 Å². The van der Waals surface area contributed by atoms with Gasteiger partial charge in [0, 0.05) is 13.1 Å². The van der Waals surface area contributed by atoms with Gasteiger partial charge >= 0.3 is 23.7 Å². The van der Waals surface area contributed by atoms with E-state index in [2.05, 4.69) is 20.6 Å². The molecule has 0 aromatic carbocycles. The van der Waals surface area contributed by atoms with Crippen LogP contribution in [-0.2, 0) is 22.7 Å². The summed E-state index contributed by atoms with van der Waals surface area (Å²) in [4.78, 5) is 50.8. The number of nitrogens with zero attached hydrogens (tertiary/aromatic N) is 6. The molecule has 150 valence electrons. The average Bonchev–Trinajstić information content (AvgIpc) is 3.31. The average molecular weight is 394 g/mol. The molecule has 0 bridgehead atoms. The van der Waals surface area contributed by atoms with Crippen molar-refractivity contribution in [2.24, 2.45) is 0 Å². The molecule has 0 atom stereocenters. The van der Waals surface area contributed by atoms with Crippen molar-refractivity contribution in [1.82, 2.24) is 29.7 Å². The summed E-state index contributed by atoms with van der Waals surface area (Å²) in [7, 11) is 0. The molecule has 0 spiro atoms. The normalized spacial score (nSPS) is 10.4. The fraction of sp³-hybridized carbons (Fsp3) is 0.429. The van der Waals surface area contributed by atoms with E-state index in [1.54, 1.807) is 0 Å². The van der Waals surface area contributed by atoms with Crippen LogP contribution < -0.4 is 10.6 Å². The van der Waals surface area contributed by atoms with Gasteiger partial charge in [0.25, 0.3) is 0 Å². The molecule has 0 fully saturated rings. The van der Waals surface area contributed by atoms with Gasteiger partial charge in [0.15, 0.2) is 0 Å². The van der Waals surface area contributed by atoms with Gasteiger partial charge in [0.2, 0.25) is 0 Å². The van der Waals surface area contributed by atoms with Crippen LogP contribution in [0, 0.1) is 20.2 Å². The van der Waals surface area contributed by atoms with Crippen LogP contribution in [-0.4, -0.2) is 53.9 Å². The van der Waals surface area contributed by atoms with E-state index in [-0.39, 0.29) is 38.1 Å². The molecule has 0 aliphatic carbocycles. The van der Waals surface area contributed by atoms with E-state index in [0.717, 1.165) is 0 Å². The number of imidazole rings is 2. The fourth-order valence-corrected chi connectivity index (χ4v) is 2.36. The second-order valence-corrected chi connectivity index (χ2v) is 5.57. The summed E-state index contributed by atoms with van der Waals surface area (Å²) < 4.78 is 2.67. The molecule has 0 aliphatic rings. The van der Waals surface area contributed by atoms with E-state index in [0.29, 0.717) is 12.8 Å². The molecule has 2 amide bonds. The first-order chi connectivity index (χ1) is 13.4. The van der Waals surface area contributed by atoms with E-state index in [1.807, 2.05) is 0 Å². The number of amides is 2. The lowest BCUT2D eigenvalue weighted by Gasteiger charge is -2.06. The number of aryl methyl sites for hydroxylation is 2. The Morgan fingerprint density at radius 1 is 0.857 bits per heavy atom. The molecule has 2 aromatic heterocycles. The van der Waals surface area contributed by atoms with Crippen LogP contribution in [0.25, 0.3) is 0 Å². The minimum Gasteiger partial charge on any atom is -0.390 e. The second kappa shape index (κ2) is 9.75. The Morgan fingerprint density at radius 2 is 1.25 bits per heavy atom. The zero-order valence-corrected chi connectivity index (χ0v) is 14.7. The first-order valence-electron chi connectivity index (χ1n) is 8.27. The maximum absolute atomic E-state index is 11.7. The number of nitro groups is 2. The lowest BCUT2D eigenvalue weighted by Crippen LogP contribution is -2.40. The highest BCUT2D eigenvalue weighted by atomic mass is 16.6. The van der Waals surface area contributed by atoms with E-state index in [1.165, 1.54) is 33.9 Å². The molecule has 2 heterocycles. The molecular weight excluding hydrogens is 376 g/mol. The number of carbonyl (C=O) groups excluding carboxylic acids is 2. The predicted octanol–water partition coefficient (Wildman–Crippen LogP) is -0.391. The van der Waals surface area contributed by atoms with Gasteiger partial charge < -0.3 is 30.9 Å². The largest absolute Gasteiger partial charge is 0.434 e. The maximum atomic E-state index is 11.7. The quantitative estimate of drug-likeness (QED) is 0.236. The molecule has 2 rings (SSSR count). The Balaban J connectivity index is 1.62. The lowest BCUT2D eigenvalue weighted by atomic mass is 10.4. The number of nitrogens with one attached hydrogen (secondary N) is 2. The molecule has 28 heavy (non-hydrogen) atoms. The number of hydrogen-bond donors (Lipinski definition) is 2. The molecular formula is C14H18N8O6. The fourth-order valence-electron chi connectivity index (χ4n) is 2.36. The number of hydrogen-bond acceptors (Lipinski definition) is 8. The van der Waals surface area contributed by atoms with Gasteiger partial charge in [-0.3, -0.25) is 9.59 Å². The third-order valence-corrected chi connectivity index (χ3v) is 3.64. The van der Waals surface area contributed by atoms with Crippen molar-refractivity contribution in [2.75, 3.05) is 13.1 Å². The second-order valence-electron chi connectivity index (χ2n) is 5.57.